The summed E-state index contributed by atoms with van der Waals surface area (Å²) in [4.78, 5) is 11.0. The third-order valence-electron chi connectivity index (χ3n) is 2.51. The molecule has 0 aliphatic heterocycles. The Morgan fingerprint density at radius 2 is 2.24 bits per heavy atom. The van der Waals surface area contributed by atoms with Gasteiger partial charge in [0.15, 0.2) is 5.75 Å². The maximum absolute atomic E-state index is 11.0. The summed E-state index contributed by atoms with van der Waals surface area (Å²) in [5.41, 5.74) is -0.0664. The lowest BCUT2D eigenvalue weighted by molar-refractivity contribution is 0.0696. The number of carbonyl (C=O) groups is 1. The van der Waals surface area contributed by atoms with Gasteiger partial charge in [-0.15, -0.1) is 5.10 Å². The fraction of sp³-hybridized carbons (Fsp3) is 0.273. The van der Waals surface area contributed by atoms with Gasteiger partial charge in [-0.25, -0.2) is 9.48 Å². The van der Waals surface area contributed by atoms with Crippen LogP contribution in [0.15, 0.2) is 17.3 Å². The van der Waals surface area contributed by atoms with E-state index in [1.165, 1.54) is 23.9 Å². The Kier molecular flexibility index (Phi) is 5.27. The lowest BCUT2D eigenvalue weighted by Gasteiger charge is -2.11. The number of tetrazole rings is 1. The van der Waals surface area contributed by atoms with Crippen LogP contribution in [0.5, 0.6) is 5.75 Å². The third-order valence-corrected chi connectivity index (χ3v) is 3.84. The van der Waals surface area contributed by atoms with Crippen molar-refractivity contribution in [2.75, 3.05) is 12.9 Å². The Morgan fingerprint density at radius 3 is 2.90 bits per heavy atom. The van der Waals surface area contributed by atoms with Crippen LogP contribution in [0, 0.1) is 0 Å². The van der Waals surface area contributed by atoms with Gasteiger partial charge in [0.05, 0.1) is 22.2 Å². The van der Waals surface area contributed by atoms with Crippen molar-refractivity contribution in [1.29, 1.82) is 0 Å². The predicted molar refractivity (Wildman–Crippen MR) is 78.5 cm³/mol. The zero-order chi connectivity index (χ0) is 15.4. The number of rotatable bonds is 6. The SMILES string of the molecule is CSc1nnnn1CCOc1c(Cl)ccc(C(=O)O)c1Cl. The van der Waals surface area contributed by atoms with Crippen LogP contribution < -0.4 is 4.74 Å². The van der Waals surface area contributed by atoms with E-state index < -0.39 is 5.97 Å². The molecule has 0 aliphatic rings. The summed E-state index contributed by atoms with van der Waals surface area (Å²) in [5, 5.41) is 21.0. The number of hydrogen-bond donors (Lipinski definition) is 1. The lowest BCUT2D eigenvalue weighted by atomic mass is 10.2. The van der Waals surface area contributed by atoms with Gasteiger partial charge in [-0.05, 0) is 28.8 Å². The Morgan fingerprint density at radius 1 is 1.48 bits per heavy atom. The molecule has 2 rings (SSSR count). The molecule has 0 aliphatic carbocycles. The summed E-state index contributed by atoms with van der Waals surface area (Å²) in [5.74, 6) is -1.01. The molecule has 0 atom stereocenters. The number of thioether (sulfide) groups is 1. The first-order valence-corrected chi connectivity index (χ1v) is 7.67. The van der Waals surface area contributed by atoms with Gasteiger partial charge in [0.25, 0.3) is 0 Å². The van der Waals surface area contributed by atoms with Gasteiger partial charge in [-0.3, -0.25) is 0 Å². The molecule has 0 spiro atoms. The quantitative estimate of drug-likeness (QED) is 0.801. The summed E-state index contributed by atoms with van der Waals surface area (Å²) in [6.45, 7) is 0.578. The Hall–Kier alpha value is -1.51. The number of hydrogen-bond acceptors (Lipinski definition) is 6. The molecule has 0 saturated heterocycles. The smallest absolute Gasteiger partial charge is 0.337 e. The van der Waals surface area contributed by atoms with Crippen LogP contribution in [-0.2, 0) is 6.54 Å². The average Bonchev–Trinajstić information content (AvgIpc) is 2.89. The fourth-order valence-corrected chi connectivity index (χ4v) is 2.56. The Balaban J connectivity index is 2.10. The molecule has 0 bridgehead atoms. The first-order chi connectivity index (χ1) is 10.0. The standard InChI is InChI=1S/C11H10Cl2N4O3S/c1-21-11-14-15-16-17(11)4-5-20-9-7(12)3-2-6(8(9)13)10(18)19/h2-3H,4-5H2,1H3,(H,18,19). The molecule has 112 valence electrons. The molecule has 0 saturated carbocycles. The van der Waals surface area contributed by atoms with Crippen molar-refractivity contribution in [2.24, 2.45) is 0 Å². The van der Waals surface area contributed by atoms with Crippen LogP contribution in [0.4, 0.5) is 0 Å². The molecule has 0 amide bonds. The normalized spacial score (nSPS) is 10.6. The average molecular weight is 349 g/mol. The number of aromatic nitrogens is 4. The second-order valence-corrected chi connectivity index (χ2v) is 5.34. The highest BCUT2D eigenvalue weighted by atomic mass is 35.5. The molecule has 7 nitrogen and oxygen atoms in total. The minimum atomic E-state index is -1.15. The second-order valence-electron chi connectivity index (χ2n) is 3.78. The van der Waals surface area contributed by atoms with Crippen LogP contribution in [-0.4, -0.2) is 44.1 Å². The highest BCUT2D eigenvalue weighted by molar-refractivity contribution is 7.98. The van der Waals surface area contributed by atoms with Gasteiger partial charge < -0.3 is 9.84 Å². The van der Waals surface area contributed by atoms with Crippen LogP contribution >= 0.6 is 35.0 Å². The molecule has 21 heavy (non-hydrogen) atoms. The number of benzene rings is 1. The van der Waals surface area contributed by atoms with E-state index in [1.807, 2.05) is 6.26 Å². The highest BCUT2D eigenvalue weighted by Gasteiger charge is 2.17. The predicted octanol–water partition coefficient (Wildman–Crippen LogP) is 2.48. The summed E-state index contributed by atoms with van der Waals surface area (Å²) < 4.78 is 7.04. The van der Waals surface area contributed by atoms with Gasteiger partial charge in [0.2, 0.25) is 5.16 Å². The van der Waals surface area contributed by atoms with Crippen LogP contribution in [0.2, 0.25) is 10.0 Å². The van der Waals surface area contributed by atoms with Gasteiger partial charge >= 0.3 is 5.97 Å². The molecule has 0 fully saturated rings. The van der Waals surface area contributed by atoms with Crippen molar-refractivity contribution in [3.05, 3.63) is 27.7 Å². The third kappa shape index (κ3) is 3.58. The van der Waals surface area contributed by atoms with E-state index in [4.69, 9.17) is 33.0 Å². The number of carboxylic acids is 1. The van der Waals surface area contributed by atoms with E-state index >= 15 is 0 Å². The van der Waals surface area contributed by atoms with E-state index in [9.17, 15) is 4.79 Å². The maximum atomic E-state index is 11.0. The van der Waals surface area contributed by atoms with Crippen molar-refractivity contribution >= 4 is 40.9 Å². The van der Waals surface area contributed by atoms with Crippen molar-refractivity contribution in [3.63, 3.8) is 0 Å². The molecule has 10 heteroatoms. The number of carboxylic acid groups (broad SMARTS) is 1. The molecule has 1 N–H and O–H groups in total. The minimum Gasteiger partial charge on any atom is -0.488 e. The van der Waals surface area contributed by atoms with Gasteiger partial charge in [-0.1, -0.05) is 35.0 Å². The number of nitrogens with zero attached hydrogens (tertiary/aromatic N) is 4. The molecule has 1 aromatic carbocycles. The molecular weight excluding hydrogens is 339 g/mol. The van der Waals surface area contributed by atoms with Crippen LogP contribution in [0.25, 0.3) is 0 Å². The van der Waals surface area contributed by atoms with Gasteiger partial charge in [-0.2, -0.15) is 0 Å². The highest BCUT2D eigenvalue weighted by Crippen LogP contribution is 2.35. The van der Waals surface area contributed by atoms with Gasteiger partial charge in [0, 0.05) is 0 Å². The Bertz CT molecular complexity index is 665. The van der Waals surface area contributed by atoms with E-state index in [1.54, 1.807) is 4.68 Å². The van der Waals surface area contributed by atoms with E-state index in [2.05, 4.69) is 15.5 Å². The minimum absolute atomic E-state index is 0.0307. The van der Waals surface area contributed by atoms with Crippen molar-refractivity contribution in [1.82, 2.24) is 20.2 Å². The molecule has 0 unspecified atom stereocenters. The zero-order valence-corrected chi connectivity index (χ0v) is 13.1. The van der Waals surface area contributed by atoms with Crippen LogP contribution in [0.1, 0.15) is 10.4 Å². The topological polar surface area (TPSA) is 90.1 Å². The molecule has 0 radical (unpaired) electrons. The molecule has 1 aromatic heterocycles. The van der Waals surface area contributed by atoms with Crippen molar-refractivity contribution in [3.8, 4) is 5.75 Å². The first-order valence-electron chi connectivity index (χ1n) is 5.68. The number of halogens is 2. The second kappa shape index (κ2) is 6.97. The number of ether oxygens (including phenoxy) is 1. The Labute approximate surface area is 134 Å². The summed E-state index contributed by atoms with van der Waals surface area (Å²) in [6.07, 6.45) is 1.85. The molecular formula is C11H10Cl2N4O3S. The van der Waals surface area contributed by atoms with E-state index in [-0.39, 0.29) is 28.0 Å². The maximum Gasteiger partial charge on any atom is 0.337 e. The first kappa shape index (κ1) is 15.9. The summed E-state index contributed by atoms with van der Waals surface area (Å²) in [6, 6.07) is 2.75. The molecule has 2 aromatic rings. The summed E-state index contributed by atoms with van der Waals surface area (Å²) >= 11 is 13.4. The lowest BCUT2D eigenvalue weighted by Crippen LogP contribution is -2.11. The fourth-order valence-electron chi connectivity index (χ4n) is 1.55. The molecule has 1 heterocycles. The van der Waals surface area contributed by atoms with E-state index in [0.717, 1.165) is 0 Å². The van der Waals surface area contributed by atoms with E-state index in [0.29, 0.717) is 11.7 Å². The monoisotopic (exact) mass is 348 g/mol. The van der Waals surface area contributed by atoms with Crippen molar-refractivity contribution < 1.29 is 14.6 Å². The van der Waals surface area contributed by atoms with Crippen molar-refractivity contribution in [2.45, 2.75) is 11.7 Å². The van der Waals surface area contributed by atoms with Crippen LogP contribution in [0.3, 0.4) is 0 Å². The zero-order valence-electron chi connectivity index (χ0n) is 10.8. The van der Waals surface area contributed by atoms with Gasteiger partial charge in [0.1, 0.15) is 6.61 Å². The largest absolute Gasteiger partial charge is 0.488 e. The number of aromatic carboxylic acids is 1. The summed E-state index contributed by atoms with van der Waals surface area (Å²) in [7, 11) is 0.